The third kappa shape index (κ3) is 2.11. The van der Waals surface area contributed by atoms with Gasteiger partial charge in [0.1, 0.15) is 17.0 Å². The van der Waals surface area contributed by atoms with Crippen LogP contribution >= 0.6 is 0 Å². The molecule has 0 radical (unpaired) electrons. The van der Waals surface area contributed by atoms with E-state index in [1.165, 1.54) is 0 Å². The van der Waals surface area contributed by atoms with Crippen LogP contribution in [0.4, 0.5) is 0 Å². The predicted octanol–water partition coefficient (Wildman–Crippen LogP) is 5.17. The molecule has 8 rings (SSSR count). The second-order valence-electron chi connectivity index (χ2n) is 8.90. The quantitative estimate of drug-likeness (QED) is 0.351. The fraction of sp³-hybridized carbons (Fsp3) is 0.0714. The molecule has 7 heteroatoms. The van der Waals surface area contributed by atoms with Crippen LogP contribution in [0, 0.1) is 0 Å². The number of imidazole rings is 2. The standard InChI is InChI=1S/C28H18N4O3/c1-2-35-21-13-16-22-14(27(33)31-19-9-5-3-7-17(19)29-25(16)31)11-12-15-23(22)24(21)26-30-18-8-4-6-10-20(18)32(26)28(15)34/h3-13,29-30H,2H2,1H3. The van der Waals surface area contributed by atoms with Crippen molar-refractivity contribution in [3.8, 4) is 5.75 Å². The molecule has 168 valence electrons. The topological polar surface area (TPSA) is 83.8 Å². The van der Waals surface area contributed by atoms with E-state index in [-0.39, 0.29) is 11.1 Å². The molecule has 2 N–H and O–H groups in total. The maximum atomic E-state index is 13.8. The lowest BCUT2D eigenvalue weighted by Gasteiger charge is -2.16. The fourth-order valence-electron chi connectivity index (χ4n) is 5.77. The third-order valence-corrected chi connectivity index (χ3v) is 7.15. The molecule has 0 aliphatic carbocycles. The highest BCUT2D eigenvalue weighted by atomic mass is 16.5. The van der Waals surface area contributed by atoms with Gasteiger partial charge < -0.3 is 14.7 Å². The SMILES string of the molecule is CCOc1cc2c3c(ccc4c(=O)n5c6ccccc6[nH]c5c1c43)c(=O)n1c3ccccc3[nH]c21. The molecule has 0 atom stereocenters. The molecule has 0 aliphatic heterocycles. The lowest BCUT2D eigenvalue weighted by Crippen LogP contribution is -2.17. The van der Waals surface area contributed by atoms with Crippen molar-refractivity contribution < 1.29 is 4.74 Å². The Balaban J connectivity index is 1.75. The smallest absolute Gasteiger partial charge is 0.264 e. The first-order chi connectivity index (χ1) is 17.2. The molecule has 35 heavy (non-hydrogen) atoms. The molecule has 0 unspecified atom stereocenters. The van der Waals surface area contributed by atoms with Gasteiger partial charge in [0.2, 0.25) is 0 Å². The lowest BCUT2D eigenvalue weighted by molar-refractivity contribution is 0.345. The molecular formula is C28H18N4O3. The number of nitrogens with zero attached hydrogens (tertiary/aromatic N) is 2. The number of aromatic nitrogens is 4. The van der Waals surface area contributed by atoms with Crippen LogP contribution in [0.1, 0.15) is 6.92 Å². The van der Waals surface area contributed by atoms with Gasteiger partial charge in [0.15, 0.2) is 0 Å². The molecular weight excluding hydrogens is 440 g/mol. The van der Waals surface area contributed by atoms with Crippen LogP contribution in [0.5, 0.6) is 5.75 Å². The third-order valence-electron chi connectivity index (χ3n) is 7.15. The van der Waals surface area contributed by atoms with Crippen LogP contribution in [0.15, 0.2) is 76.3 Å². The number of nitrogens with one attached hydrogen (secondary N) is 2. The number of ether oxygens (including phenoxy) is 1. The summed E-state index contributed by atoms with van der Waals surface area (Å²) in [5.74, 6) is 0.667. The maximum absolute atomic E-state index is 13.8. The molecule has 8 aromatic rings. The molecule has 0 saturated heterocycles. The van der Waals surface area contributed by atoms with Crippen molar-refractivity contribution in [3.63, 3.8) is 0 Å². The molecule has 7 nitrogen and oxygen atoms in total. The molecule has 0 spiro atoms. The van der Waals surface area contributed by atoms with Crippen LogP contribution in [0.25, 0.3) is 65.7 Å². The average Bonchev–Trinajstić information content (AvgIpc) is 3.46. The summed E-state index contributed by atoms with van der Waals surface area (Å²) < 4.78 is 9.62. The number of rotatable bonds is 2. The van der Waals surface area contributed by atoms with Crippen molar-refractivity contribution in [2.45, 2.75) is 6.92 Å². The second kappa shape index (κ2) is 6.21. The first-order valence-corrected chi connectivity index (χ1v) is 11.6. The monoisotopic (exact) mass is 458 g/mol. The number of H-pyrrole nitrogens is 2. The Kier molecular flexibility index (Phi) is 3.30. The van der Waals surface area contributed by atoms with E-state index < -0.39 is 0 Å². The van der Waals surface area contributed by atoms with Gasteiger partial charge in [0, 0.05) is 26.9 Å². The van der Waals surface area contributed by atoms with Crippen molar-refractivity contribution >= 4 is 65.7 Å². The summed E-state index contributed by atoms with van der Waals surface area (Å²) in [6.45, 7) is 2.41. The van der Waals surface area contributed by atoms with E-state index >= 15 is 0 Å². The van der Waals surface area contributed by atoms with Crippen molar-refractivity contribution in [1.82, 2.24) is 18.8 Å². The normalized spacial score (nSPS) is 12.5. The molecule has 0 fully saturated rings. The van der Waals surface area contributed by atoms with Crippen molar-refractivity contribution in [2.24, 2.45) is 0 Å². The summed E-state index contributed by atoms with van der Waals surface area (Å²) in [6, 6.07) is 21.0. The highest BCUT2D eigenvalue weighted by Gasteiger charge is 2.24. The summed E-state index contributed by atoms with van der Waals surface area (Å²) >= 11 is 0. The van der Waals surface area contributed by atoms with Gasteiger partial charge in [-0.05, 0) is 49.4 Å². The Hall–Kier alpha value is -4.78. The van der Waals surface area contributed by atoms with Crippen molar-refractivity contribution in [2.75, 3.05) is 6.61 Å². The van der Waals surface area contributed by atoms with E-state index in [2.05, 4.69) is 9.97 Å². The van der Waals surface area contributed by atoms with Gasteiger partial charge in [-0.3, -0.25) is 18.4 Å². The van der Waals surface area contributed by atoms with Gasteiger partial charge in [-0.1, -0.05) is 24.3 Å². The minimum atomic E-state index is -0.126. The zero-order valence-electron chi connectivity index (χ0n) is 18.7. The first kappa shape index (κ1) is 18.6. The van der Waals surface area contributed by atoms with E-state index in [0.717, 1.165) is 43.6 Å². The zero-order valence-corrected chi connectivity index (χ0v) is 18.7. The van der Waals surface area contributed by atoms with Crippen molar-refractivity contribution in [3.05, 3.63) is 87.4 Å². The summed E-state index contributed by atoms with van der Waals surface area (Å²) in [4.78, 5) is 34.5. The van der Waals surface area contributed by atoms with Gasteiger partial charge in [0.05, 0.1) is 34.1 Å². The Labute approximate surface area is 196 Å². The number of para-hydroxylation sites is 4. The van der Waals surface area contributed by atoms with Gasteiger partial charge in [-0.25, -0.2) is 0 Å². The first-order valence-electron chi connectivity index (χ1n) is 11.6. The summed E-state index contributed by atoms with van der Waals surface area (Å²) in [5.41, 5.74) is 4.46. The van der Waals surface area contributed by atoms with Gasteiger partial charge in [-0.15, -0.1) is 0 Å². The maximum Gasteiger partial charge on any atom is 0.264 e. The highest BCUT2D eigenvalue weighted by molar-refractivity contribution is 6.29. The number of hydrogen-bond acceptors (Lipinski definition) is 3. The number of hydrogen-bond donors (Lipinski definition) is 2. The van der Waals surface area contributed by atoms with Crippen LogP contribution in [-0.2, 0) is 0 Å². The number of fused-ring (bicyclic) bond motifs is 8. The number of pyridine rings is 2. The largest absolute Gasteiger partial charge is 0.493 e. The predicted molar refractivity (Wildman–Crippen MR) is 139 cm³/mol. The van der Waals surface area contributed by atoms with E-state index in [1.54, 1.807) is 20.9 Å². The van der Waals surface area contributed by atoms with E-state index in [0.29, 0.717) is 34.4 Å². The number of aromatic amines is 2. The van der Waals surface area contributed by atoms with Gasteiger partial charge >= 0.3 is 0 Å². The Bertz CT molecular complexity index is 2280. The van der Waals surface area contributed by atoms with Crippen molar-refractivity contribution in [1.29, 1.82) is 0 Å². The van der Waals surface area contributed by atoms with Gasteiger partial charge in [-0.2, -0.15) is 0 Å². The number of benzene rings is 4. The Morgan fingerprint density at radius 1 is 0.686 bits per heavy atom. The lowest BCUT2D eigenvalue weighted by atomic mass is 9.95. The second-order valence-corrected chi connectivity index (χ2v) is 8.90. The highest BCUT2D eigenvalue weighted by Crippen LogP contribution is 2.41. The molecule has 4 aromatic carbocycles. The Morgan fingerprint density at radius 2 is 1.26 bits per heavy atom. The molecule has 0 saturated carbocycles. The van der Waals surface area contributed by atoms with Gasteiger partial charge in [0.25, 0.3) is 11.1 Å². The van der Waals surface area contributed by atoms with Crippen LogP contribution in [-0.4, -0.2) is 25.4 Å². The van der Waals surface area contributed by atoms with E-state index in [4.69, 9.17) is 4.74 Å². The van der Waals surface area contributed by atoms with E-state index in [9.17, 15) is 9.59 Å². The van der Waals surface area contributed by atoms with Crippen LogP contribution in [0.2, 0.25) is 0 Å². The van der Waals surface area contributed by atoms with Crippen LogP contribution in [0.3, 0.4) is 0 Å². The fourth-order valence-corrected chi connectivity index (χ4v) is 5.77. The molecule has 0 aliphatic rings. The summed E-state index contributed by atoms with van der Waals surface area (Å²) in [6.07, 6.45) is 0. The zero-order chi connectivity index (χ0) is 23.4. The minimum absolute atomic E-state index is 0.117. The van der Waals surface area contributed by atoms with Crippen LogP contribution < -0.4 is 15.9 Å². The van der Waals surface area contributed by atoms with E-state index in [1.807, 2.05) is 61.5 Å². The molecule has 4 heterocycles. The summed E-state index contributed by atoms with van der Waals surface area (Å²) in [5, 5.41) is 4.30. The average molecular weight is 458 g/mol. The molecule has 0 amide bonds. The molecule has 4 aromatic heterocycles. The molecule has 0 bridgehead atoms. The minimum Gasteiger partial charge on any atom is -0.493 e. The summed E-state index contributed by atoms with van der Waals surface area (Å²) in [7, 11) is 0. The Morgan fingerprint density at radius 3 is 1.91 bits per heavy atom.